The first-order valence-corrected chi connectivity index (χ1v) is 20.3. The molecule has 0 atom stereocenters. The van der Waals surface area contributed by atoms with E-state index in [2.05, 4.69) is 215 Å². The third-order valence-electron chi connectivity index (χ3n) is 11.7. The van der Waals surface area contributed by atoms with Crippen LogP contribution in [0, 0.1) is 0 Å². The minimum Gasteiger partial charge on any atom is -0.309 e. The fourth-order valence-corrected chi connectivity index (χ4v) is 10.5. The Morgan fingerprint density at radius 1 is 0.263 bits per heavy atom. The summed E-state index contributed by atoms with van der Waals surface area (Å²) in [5, 5.41) is 7.65. The van der Waals surface area contributed by atoms with Crippen LogP contribution in [0.15, 0.2) is 206 Å². The van der Waals surface area contributed by atoms with Crippen LogP contribution in [-0.4, -0.2) is 9.13 Å². The van der Waals surface area contributed by atoms with E-state index in [0.29, 0.717) is 0 Å². The SMILES string of the molecule is c1ccc(-c2cccc3c2sc2c(-c4cccc(-n5c6ccccc6c6cc(-c7ccc8c(c7)c7ccccc7n8-c7ccccc7)ccc65)c4)cccc23)cc1. The molecule has 0 saturated heterocycles. The van der Waals surface area contributed by atoms with E-state index in [9.17, 15) is 0 Å². The smallest absolute Gasteiger partial charge is 0.0541 e. The van der Waals surface area contributed by atoms with E-state index in [4.69, 9.17) is 0 Å². The van der Waals surface area contributed by atoms with Gasteiger partial charge in [0.25, 0.3) is 0 Å². The predicted octanol–water partition coefficient (Wildman–Crippen LogP) is 15.2. The first-order valence-electron chi connectivity index (χ1n) is 19.5. The van der Waals surface area contributed by atoms with Crippen molar-refractivity contribution in [2.24, 2.45) is 0 Å². The molecule has 266 valence electrons. The fraction of sp³-hybridized carbons (Fsp3) is 0. The minimum atomic E-state index is 1.16. The number of hydrogen-bond donors (Lipinski definition) is 0. The highest BCUT2D eigenvalue weighted by Crippen LogP contribution is 2.45. The van der Waals surface area contributed by atoms with Crippen LogP contribution in [0.3, 0.4) is 0 Å². The van der Waals surface area contributed by atoms with Crippen LogP contribution >= 0.6 is 11.3 Å². The molecule has 0 bridgehead atoms. The van der Waals surface area contributed by atoms with E-state index in [-0.39, 0.29) is 0 Å². The van der Waals surface area contributed by atoms with Crippen molar-refractivity contribution >= 4 is 75.1 Å². The van der Waals surface area contributed by atoms with E-state index in [0.717, 1.165) is 5.69 Å². The molecule has 0 saturated carbocycles. The molecule has 3 aromatic heterocycles. The van der Waals surface area contributed by atoms with Gasteiger partial charge in [-0.05, 0) is 94.0 Å². The Morgan fingerprint density at radius 2 is 0.702 bits per heavy atom. The fourth-order valence-electron chi connectivity index (χ4n) is 9.14. The highest BCUT2D eigenvalue weighted by atomic mass is 32.1. The zero-order valence-electron chi connectivity index (χ0n) is 30.9. The van der Waals surface area contributed by atoms with Gasteiger partial charge in [0, 0.05) is 53.1 Å². The average molecular weight is 743 g/mol. The number of fused-ring (bicyclic) bond motifs is 9. The van der Waals surface area contributed by atoms with Gasteiger partial charge in [-0.15, -0.1) is 11.3 Å². The van der Waals surface area contributed by atoms with Gasteiger partial charge in [0.05, 0.1) is 22.1 Å². The second-order valence-corrected chi connectivity index (χ2v) is 15.9. The molecule has 0 spiro atoms. The van der Waals surface area contributed by atoms with Gasteiger partial charge in [0.1, 0.15) is 0 Å². The lowest BCUT2D eigenvalue weighted by molar-refractivity contribution is 1.18. The zero-order valence-corrected chi connectivity index (χ0v) is 31.7. The van der Waals surface area contributed by atoms with Crippen LogP contribution in [0.1, 0.15) is 0 Å². The molecule has 0 aliphatic heterocycles. The van der Waals surface area contributed by atoms with Crippen molar-refractivity contribution in [1.29, 1.82) is 0 Å². The van der Waals surface area contributed by atoms with Crippen molar-refractivity contribution in [1.82, 2.24) is 9.13 Å². The Labute approximate surface area is 333 Å². The van der Waals surface area contributed by atoms with Gasteiger partial charge < -0.3 is 9.13 Å². The van der Waals surface area contributed by atoms with Gasteiger partial charge in [0.2, 0.25) is 0 Å². The topological polar surface area (TPSA) is 9.86 Å². The number of nitrogens with zero attached hydrogens (tertiary/aromatic N) is 2. The molecule has 12 rings (SSSR count). The van der Waals surface area contributed by atoms with E-state index >= 15 is 0 Å². The van der Waals surface area contributed by atoms with E-state index in [1.807, 2.05) is 11.3 Å². The largest absolute Gasteiger partial charge is 0.309 e. The number of para-hydroxylation sites is 3. The number of aromatic nitrogens is 2. The molecule has 2 nitrogen and oxygen atoms in total. The van der Waals surface area contributed by atoms with Crippen molar-refractivity contribution in [2.75, 3.05) is 0 Å². The van der Waals surface area contributed by atoms with E-state index in [1.165, 1.54) is 103 Å². The van der Waals surface area contributed by atoms with Crippen molar-refractivity contribution in [2.45, 2.75) is 0 Å². The maximum Gasteiger partial charge on any atom is 0.0541 e. The molecule has 9 aromatic carbocycles. The lowest BCUT2D eigenvalue weighted by Crippen LogP contribution is -1.94. The third-order valence-corrected chi connectivity index (χ3v) is 13.0. The molecule has 0 N–H and O–H groups in total. The first-order chi connectivity index (χ1) is 28.3. The predicted molar refractivity (Wildman–Crippen MR) is 244 cm³/mol. The Hall–Kier alpha value is -7.20. The van der Waals surface area contributed by atoms with Crippen molar-refractivity contribution in [3.63, 3.8) is 0 Å². The average Bonchev–Trinajstić information content (AvgIpc) is 3.94. The lowest BCUT2D eigenvalue weighted by Gasteiger charge is -2.11. The molecule has 0 unspecified atom stereocenters. The molecule has 3 heteroatoms. The molecule has 0 radical (unpaired) electrons. The van der Waals surface area contributed by atoms with Crippen LogP contribution < -0.4 is 0 Å². The Balaban J connectivity index is 0.997. The van der Waals surface area contributed by atoms with Crippen LogP contribution in [0.2, 0.25) is 0 Å². The molecular weight excluding hydrogens is 709 g/mol. The Kier molecular flexibility index (Phi) is 7.13. The molecule has 0 aliphatic carbocycles. The molecule has 57 heavy (non-hydrogen) atoms. The zero-order chi connectivity index (χ0) is 37.5. The molecule has 12 aromatic rings. The van der Waals surface area contributed by atoms with Crippen molar-refractivity contribution in [3.05, 3.63) is 206 Å². The van der Waals surface area contributed by atoms with Crippen LogP contribution in [-0.2, 0) is 0 Å². The van der Waals surface area contributed by atoms with Crippen molar-refractivity contribution in [3.8, 4) is 44.8 Å². The molecule has 0 amide bonds. The summed E-state index contributed by atoms with van der Waals surface area (Å²) in [4.78, 5) is 0. The summed E-state index contributed by atoms with van der Waals surface area (Å²) >= 11 is 1.91. The molecule has 0 fully saturated rings. The Morgan fingerprint density at radius 3 is 1.32 bits per heavy atom. The van der Waals surface area contributed by atoms with Crippen LogP contribution in [0.4, 0.5) is 0 Å². The summed E-state index contributed by atoms with van der Waals surface area (Å²) in [7, 11) is 0. The highest BCUT2D eigenvalue weighted by molar-refractivity contribution is 7.26. The number of thiophene rings is 1. The highest BCUT2D eigenvalue weighted by Gasteiger charge is 2.18. The Bertz CT molecular complexity index is 3510. The summed E-state index contributed by atoms with van der Waals surface area (Å²) in [6, 6.07) is 75.5. The summed E-state index contributed by atoms with van der Waals surface area (Å²) < 4.78 is 7.47. The lowest BCUT2D eigenvalue weighted by atomic mass is 10.00. The standard InChI is InChI=1S/C54H34N2S/c1-3-14-35(15-4-1)41-22-12-24-45-46-25-13-23-42(54(46)57-53(41)45)38-16-11-19-40(32-38)56-50-27-10-8-21-44(50)48-34-37(29-31-52(48)56)36-28-30-51-47(33-36)43-20-7-9-26-49(43)55(51)39-17-5-2-6-18-39/h1-34H. The summed E-state index contributed by atoms with van der Waals surface area (Å²) in [6.07, 6.45) is 0. The monoisotopic (exact) mass is 742 g/mol. The maximum atomic E-state index is 2.44. The van der Waals surface area contributed by atoms with Crippen molar-refractivity contribution < 1.29 is 0 Å². The minimum absolute atomic E-state index is 1.16. The van der Waals surface area contributed by atoms with E-state index in [1.54, 1.807) is 0 Å². The quantitative estimate of drug-likeness (QED) is 0.166. The summed E-state index contributed by atoms with van der Waals surface area (Å²) in [5.74, 6) is 0. The van der Waals surface area contributed by atoms with Gasteiger partial charge in [-0.1, -0.05) is 146 Å². The second kappa shape index (κ2) is 12.7. The second-order valence-electron chi connectivity index (χ2n) is 14.9. The van der Waals surface area contributed by atoms with Gasteiger partial charge in [0.15, 0.2) is 0 Å². The van der Waals surface area contributed by atoms with E-state index < -0.39 is 0 Å². The van der Waals surface area contributed by atoms with Crippen LogP contribution in [0.25, 0.3) is 109 Å². The van der Waals surface area contributed by atoms with Gasteiger partial charge in [-0.25, -0.2) is 0 Å². The first kappa shape index (κ1) is 32.1. The number of benzene rings is 9. The summed E-state index contributed by atoms with van der Waals surface area (Å²) in [5.41, 5.74) is 14.6. The molecular formula is C54H34N2S. The molecule has 3 heterocycles. The van der Waals surface area contributed by atoms with Gasteiger partial charge in [-0.3, -0.25) is 0 Å². The maximum absolute atomic E-state index is 2.44. The molecule has 0 aliphatic rings. The summed E-state index contributed by atoms with van der Waals surface area (Å²) in [6.45, 7) is 0. The normalized spacial score (nSPS) is 11.9. The van der Waals surface area contributed by atoms with Crippen LogP contribution in [0.5, 0.6) is 0 Å². The van der Waals surface area contributed by atoms with Gasteiger partial charge in [-0.2, -0.15) is 0 Å². The van der Waals surface area contributed by atoms with Gasteiger partial charge >= 0.3 is 0 Å². The number of rotatable bonds is 5. The number of hydrogen-bond acceptors (Lipinski definition) is 1. The third kappa shape index (κ3) is 4.96.